The first-order chi connectivity index (χ1) is 8.88. The third-order valence-corrected chi connectivity index (χ3v) is 3.08. The lowest BCUT2D eigenvalue weighted by Gasteiger charge is -2.19. The summed E-state index contributed by atoms with van der Waals surface area (Å²) in [5.74, 6) is -0.265. The van der Waals surface area contributed by atoms with Crippen LogP contribution < -0.4 is 0 Å². The van der Waals surface area contributed by atoms with Gasteiger partial charge < -0.3 is 4.74 Å². The van der Waals surface area contributed by atoms with Crippen LogP contribution in [0.4, 0.5) is 0 Å². The molecule has 0 aliphatic rings. The summed E-state index contributed by atoms with van der Waals surface area (Å²) in [7, 11) is 0. The Kier molecular flexibility index (Phi) is 5.34. The number of esters is 1. The van der Waals surface area contributed by atoms with E-state index in [9.17, 15) is 4.79 Å². The van der Waals surface area contributed by atoms with E-state index in [0.717, 1.165) is 17.6 Å². The Bertz CT molecular complexity index is 447. The highest BCUT2D eigenvalue weighted by Crippen LogP contribution is 2.25. The number of allylic oxidation sites excluding steroid dienone is 1. The van der Waals surface area contributed by atoms with Gasteiger partial charge >= 0.3 is 5.97 Å². The van der Waals surface area contributed by atoms with Crippen molar-refractivity contribution in [1.82, 2.24) is 0 Å². The Morgan fingerprint density at radius 1 is 1.16 bits per heavy atom. The van der Waals surface area contributed by atoms with E-state index in [1.54, 1.807) is 6.08 Å². The molecule has 0 atom stereocenters. The van der Waals surface area contributed by atoms with Gasteiger partial charge in [0.15, 0.2) is 0 Å². The second kappa shape index (κ2) is 6.55. The summed E-state index contributed by atoms with van der Waals surface area (Å²) >= 11 is 0. The predicted octanol–water partition coefficient (Wildman–Crippen LogP) is 4.34. The molecule has 0 N–H and O–H groups in total. The molecule has 1 rings (SSSR count). The Morgan fingerprint density at radius 2 is 1.74 bits per heavy atom. The smallest absolute Gasteiger partial charge is 0.331 e. The summed E-state index contributed by atoms with van der Waals surface area (Å²) in [4.78, 5) is 11.5. The van der Waals surface area contributed by atoms with Gasteiger partial charge in [-0.3, -0.25) is 0 Å². The van der Waals surface area contributed by atoms with Crippen molar-refractivity contribution in [3.63, 3.8) is 0 Å². The Labute approximate surface area is 116 Å². The van der Waals surface area contributed by atoms with Crippen molar-refractivity contribution in [3.05, 3.63) is 41.5 Å². The zero-order chi connectivity index (χ0) is 14.5. The maximum Gasteiger partial charge on any atom is 0.331 e. The van der Waals surface area contributed by atoms with Crippen LogP contribution in [0.3, 0.4) is 0 Å². The standard InChI is InChI=1S/C17H24O2/c1-6-13(12-16(18)19-7-2)14-8-10-15(11-9-14)17(3,4)5/h8-12H,6-7H2,1-5H3. The number of carbonyl (C=O) groups is 1. The van der Waals surface area contributed by atoms with Gasteiger partial charge in [0.25, 0.3) is 0 Å². The number of rotatable bonds is 4. The molecule has 1 aromatic rings. The fourth-order valence-electron chi connectivity index (χ4n) is 1.90. The fourth-order valence-corrected chi connectivity index (χ4v) is 1.90. The molecule has 0 spiro atoms. The molecule has 0 bridgehead atoms. The van der Waals surface area contributed by atoms with Crippen LogP contribution in [0.2, 0.25) is 0 Å². The third kappa shape index (κ3) is 4.55. The van der Waals surface area contributed by atoms with Crippen molar-refractivity contribution in [2.75, 3.05) is 6.61 Å². The first-order valence-corrected chi connectivity index (χ1v) is 6.86. The quantitative estimate of drug-likeness (QED) is 0.594. The first kappa shape index (κ1) is 15.5. The van der Waals surface area contributed by atoms with Crippen LogP contribution in [-0.4, -0.2) is 12.6 Å². The molecule has 0 radical (unpaired) electrons. The summed E-state index contributed by atoms with van der Waals surface area (Å²) < 4.78 is 4.96. The zero-order valence-corrected chi connectivity index (χ0v) is 12.6. The summed E-state index contributed by atoms with van der Waals surface area (Å²) in [5, 5.41) is 0. The Balaban J connectivity index is 2.97. The normalized spacial score (nSPS) is 12.4. The van der Waals surface area contributed by atoms with Gasteiger partial charge in [-0.2, -0.15) is 0 Å². The van der Waals surface area contributed by atoms with E-state index in [4.69, 9.17) is 4.74 Å². The van der Waals surface area contributed by atoms with Crippen LogP contribution in [0.25, 0.3) is 5.57 Å². The van der Waals surface area contributed by atoms with E-state index in [1.165, 1.54) is 5.56 Å². The van der Waals surface area contributed by atoms with Crippen molar-refractivity contribution >= 4 is 11.5 Å². The number of ether oxygens (including phenoxy) is 1. The molecule has 0 saturated carbocycles. The average molecular weight is 260 g/mol. The van der Waals surface area contributed by atoms with Gasteiger partial charge in [0.2, 0.25) is 0 Å². The molecule has 0 amide bonds. The van der Waals surface area contributed by atoms with Crippen molar-refractivity contribution in [3.8, 4) is 0 Å². The molecule has 0 fully saturated rings. The Hall–Kier alpha value is -1.57. The third-order valence-electron chi connectivity index (χ3n) is 3.08. The highest BCUT2D eigenvalue weighted by Gasteiger charge is 2.13. The predicted molar refractivity (Wildman–Crippen MR) is 80.0 cm³/mol. The molecule has 0 aromatic heterocycles. The van der Waals surface area contributed by atoms with Gasteiger partial charge in [-0.05, 0) is 35.5 Å². The van der Waals surface area contributed by atoms with E-state index in [2.05, 4.69) is 45.0 Å². The van der Waals surface area contributed by atoms with Crippen LogP contribution in [0.1, 0.15) is 52.2 Å². The van der Waals surface area contributed by atoms with Crippen LogP contribution >= 0.6 is 0 Å². The minimum Gasteiger partial charge on any atom is -0.463 e. The van der Waals surface area contributed by atoms with Gasteiger partial charge in [-0.25, -0.2) is 4.79 Å². The van der Waals surface area contributed by atoms with Crippen molar-refractivity contribution in [2.24, 2.45) is 0 Å². The summed E-state index contributed by atoms with van der Waals surface area (Å²) in [6, 6.07) is 8.41. The van der Waals surface area contributed by atoms with E-state index in [1.807, 2.05) is 13.8 Å². The molecular weight excluding hydrogens is 236 g/mol. The molecule has 1 aromatic carbocycles. The molecule has 0 saturated heterocycles. The second-order valence-corrected chi connectivity index (χ2v) is 5.60. The summed E-state index contributed by atoms with van der Waals surface area (Å²) in [6.45, 7) is 10.8. The van der Waals surface area contributed by atoms with Gasteiger partial charge in [-0.1, -0.05) is 52.0 Å². The molecule has 0 aliphatic carbocycles. The van der Waals surface area contributed by atoms with Crippen LogP contribution in [0, 0.1) is 0 Å². The van der Waals surface area contributed by atoms with E-state index >= 15 is 0 Å². The lowest BCUT2D eigenvalue weighted by molar-refractivity contribution is -0.137. The number of benzene rings is 1. The minimum atomic E-state index is -0.265. The highest BCUT2D eigenvalue weighted by atomic mass is 16.5. The molecule has 2 nitrogen and oxygen atoms in total. The van der Waals surface area contributed by atoms with E-state index in [-0.39, 0.29) is 11.4 Å². The summed E-state index contributed by atoms with van der Waals surface area (Å²) in [6.07, 6.45) is 2.41. The van der Waals surface area contributed by atoms with Crippen LogP contribution in [0.5, 0.6) is 0 Å². The monoisotopic (exact) mass is 260 g/mol. The maximum atomic E-state index is 11.5. The van der Waals surface area contributed by atoms with Crippen LogP contribution in [0.15, 0.2) is 30.3 Å². The maximum absolute atomic E-state index is 11.5. The topological polar surface area (TPSA) is 26.3 Å². The molecule has 0 aliphatic heterocycles. The van der Waals surface area contributed by atoms with E-state index in [0.29, 0.717) is 6.61 Å². The van der Waals surface area contributed by atoms with Crippen molar-refractivity contribution < 1.29 is 9.53 Å². The molecular formula is C17H24O2. The van der Waals surface area contributed by atoms with Crippen molar-refractivity contribution in [1.29, 1.82) is 0 Å². The minimum absolute atomic E-state index is 0.149. The number of hydrogen-bond acceptors (Lipinski definition) is 2. The average Bonchev–Trinajstić information content (AvgIpc) is 2.35. The van der Waals surface area contributed by atoms with Gasteiger partial charge in [0, 0.05) is 6.08 Å². The second-order valence-electron chi connectivity index (χ2n) is 5.60. The zero-order valence-electron chi connectivity index (χ0n) is 12.6. The lowest BCUT2D eigenvalue weighted by atomic mass is 9.86. The van der Waals surface area contributed by atoms with Gasteiger partial charge in [-0.15, -0.1) is 0 Å². The highest BCUT2D eigenvalue weighted by molar-refractivity contribution is 5.91. The van der Waals surface area contributed by atoms with Gasteiger partial charge in [0.1, 0.15) is 0 Å². The molecule has 104 valence electrons. The number of carbonyl (C=O) groups excluding carboxylic acids is 1. The van der Waals surface area contributed by atoms with Crippen molar-refractivity contribution in [2.45, 2.75) is 46.5 Å². The number of hydrogen-bond donors (Lipinski definition) is 0. The Morgan fingerprint density at radius 3 is 2.16 bits per heavy atom. The lowest BCUT2D eigenvalue weighted by Crippen LogP contribution is -2.10. The van der Waals surface area contributed by atoms with E-state index < -0.39 is 0 Å². The molecule has 19 heavy (non-hydrogen) atoms. The first-order valence-electron chi connectivity index (χ1n) is 6.86. The SMILES string of the molecule is CCOC(=O)C=C(CC)c1ccc(C(C)(C)C)cc1. The molecule has 0 heterocycles. The summed E-state index contributed by atoms with van der Waals surface area (Å²) in [5.41, 5.74) is 3.54. The van der Waals surface area contributed by atoms with Gasteiger partial charge in [0.05, 0.1) is 6.61 Å². The largest absolute Gasteiger partial charge is 0.463 e. The molecule has 0 unspecified atom stereocenters. The molecule has 2 heteroatoms. The fraction of sp³-hybridized carbons (Fsp3) is 0.471. The van der Waals surface area contributed by atoms with Crippen LogP contribution in [-0.2, 0) is 14.9 Å².